The average Bonchev–Trinajstić information content (AvgIpc) is 3.10. The van der Waals surface area contributed by atoms with Crippen molar-refractivity contribution in [1.82, 2.24) is 15.6 Å². The number of rotatable bonds is 5. The van der Waals surface area contributed by atoms with Crippen LogP contribution in [0.4, 0.5) is 0 Å². The van der Waals surface area contributed by atoms with E-state index in [0.29, 0.717) is 16.9 Å². The number of hydrogen-bond donors (Lipinski definition) is 2. The van der Waals surface area contributed by atoms with Gasteiger partial charge in [-0.2, -0.15) is 10.2 Å². The number of hydrogen-bond acceptors (Lipinski definition) is 5. The van der Waals surface area contributed by atoms with Gasteiger partial charge in [0.1, 0.15) is 5.75 Å². The maximum atomic E-state index is 12.4. The lowest BCUT2D eigenvalue weighted by molar-refractivity contribution is 0.0734. The molecular weight excluding hydrogens is 492 g/mol. The van der Waals surface area contributed by atoms with Crippen LogP contribution in [0.2, 0.25) is 0 Å². The molecule has 0 saturated heterocycles. The Morgan fingerprint density at radius 2 is 1.82 bits per heavy atom. The first-order valence-corrected chi connectivity index (χ1v) is 9.63. The number of carbonyl (C=O) groups excluding carboxylic acids is 2. The van der Waals surface area contributed by atoms with Crippen LogP contribution in [0.5, 0.6) is 5.75 Å². The number of aromatic nitrogens is 2. The molecule has 0 unspecified atom stereocenters. The molecule has 0 aliphatic heterocycles. The molecule has 2 N–H and O–H groups in total. The number of nitrogens with zero attached hydrogens (tertiary/aromatic N) is 2. The number of esters is 1. The van der Waals surface area contributed by atoms with Crippen LogP contribution in [0, 0.1) is 6.92 Å². The molecule has 9 heteroatoms. The molecule has 1 aromatic heterocycles. The van der Waals surface area contributed by atoms with Crippen LogP contribution >= 0.6 is 31.9 Å². The second kappa shape index (κ2) is 8.94. The summed E-state index contributed by atoms with van der Waals surface area (Å²) in [5, 5.41) is 10.5. The molecule has 0 bridgehead atoms. The number of carbonyl (C=O) groups is 2. The van der Waals surface area contributed by atoms with E-state index in [0.717, 1.165) is 14.6 Å². The van der Waals surface area contributed by atoms with Crippen LogP contribution in [0.1, 0.15) is 32.1 Å². The fraction of sp³-hybridized carbons (Fsp3) is 0.0526. The largest absolute Gasteiger partial charge is 0.422 e. The van der Waals surface area contributed by atoms with Crippen molar-refractivity contribution in [2.45, 2.75) is 6.92 Å². The summed E-state index contributed by atoms with van der Waals surface area (Å²) in [5.74, 6) is -0.644. The number of benzene rings is 2. The van der Waals surface area contributed by atoms with Gasteiger partial charge in [0.25, 0.3) is 5.91 Å². The van der Waals surface area contributed by atoms with E-state index in [-0.39, 0.29) is 5.69 Å². The predicted molar refractivity (Wildman–Crippen MR) is 112 cm³/mol. The molecule has 1 heterocycles. The number of H-pyrrole nitrogens is 1. The van der Waals surface area contributed by atoms with Crippen molar-refractivity contribution in [3.8, 4) is 5.75 Å². The van der Waals surface area contributed by atoms with Crippen LogP contribution in [-0.4, -0.2) is 28.3 Å². The van der Waals surface area contributed by atoms with Crippen LogP contribution in [-0.2, 0) is 0 Å². The lowest BCUT2D eigenvalue weighted by atomic mass is 10.2. The molecule has 1 amide bonds. The molecule has 0 spiro atoms. The van der Waals surface area contributed by atoms with Crippen molar-refractivity contribution in [3.63, 3.8) is 0 Å². The van der Waals surface area contributed by atoms with Crippen molar-refractivity contribution in [3.05, 3.63) is 80.0 Å². The maximum Gasteiger partial charge on any atom is 0.343 e. The summed E-state index contributed by atoms with van der Waals surface area (Å²) in [5.41, 5.74) is 4.31. The van der Waals surface area contributed by atoms with Gasteiger partial charge in [-0.1, -0.05) is 31.9 Å². The molecule has 7 nitrogen and oxygen atoms in total. The average molecular weight is 506 g/mol. The third kappa shape index (κ3) is 5.14. The van der Waals surface area contributed by atoms with Gasteiger partial charge >= 0.3 is 5.97 Å². The lowest BCUT2D eigenvalue weighted by Crippen LogP contribution is -2.18. The highest BCUT2D eigenvalue weighted by Crippen LogP contribution is 2.23. The number of aromatic amines is 1. The molecule has 2 aromatic carbocycles. The van der Waals surface area contributed by atoms with E-state index in [1.807, 2.05) is 0 Å². The molecule has 0 atom stereocenters. The molecule has 0 radical (unpaired) electrons. The summed E-state index contributed by atoms with van der Waals surface area (Å²) in [4.78, 5) is 24.3. The summed E-state index contributed by atoms with van der Waals surface area (Å²) < 4.78 is 7.11. The quantitative estimate of drug-likeness (QED) is 0.235. The Bertz CT molecular complexity index is 1050. The van der Waals surface area contributed by atoms with Gasteiger partial charge in [0.05, 0.1) is 11.8 Å². The van der Waals surface area contributed by atoms with E-state index in [4.69, 9.17) is 4.74 Å². The standard InChI is InChI=1S/C19H14Br2N4O3/c1-11-8-16(24-23-11)18(26)25-22-10-13-9-15(21)6-7-17(13)28-19(27)12-2-4-14(20)5-3-12/h2-10H,1H3,(H,23,24)(H,25,26)/b22-10+. The number of ether oxygens (including phenoxy) is 1. The lowest BCUT2D eigenvalue weighted by Gasteiger charge is -2.08. The van der Waals surface area contributed by atoms with E-state index < -0.39 is 11.9 Å². The van der Waals surface area contributed by atoms with Crippen LogP contribution in [0.25, 0.3) is 0 Å². The number of amides is 1. The first-order chi connectivity index (χ1) is 13.4. The highest BCUT2D eigenvalue weighted by atomic mass is 79.9. The van der Waals surface area contributed by atoms with Crippen molar-refractivity contribution in [2.75, 3.05) is 0 Å². The molecule has 3 rings (SSSR count). The first kappa shape index (κ1) is 20.0. The number of nitrogens with one attached hydrogen (secondary N) is 2. The second-order valence-electron chi connectivity index (χ2n) is 5.71. The van der Waals surface area contributed by atoms with Crippen LogP contribution < -0.4 is 10.2 Å². The zero-order chi connectivity index (χ0) is 20.1. The fourth-order valence-electron chi connectivity index (χ4n) is 2.21. The van der Waals surface area contributed by atoms with Crippen molar-refractivity contribution in [2.24, 2.45) is 5.10 Å². The molecule has 142 valence electrons. The number of hydrazone groups is 1. The summed E-state index contributed by atoms with van der Waals surface area (Å²) in [6, 6.07) is 13.5. The Morgan fingerprint density at radius 1 is 1.11 bits per heavy atom. The molecule has 0 fully saturated rings. The smallest absolute Gasteiger partial charge is 0.343 e. The van der Waals surface area contributed by atoms with Gasteiger partial charge in [0.2, 0.25) is 0 Å². The number of halogens is 2. The summed E-state index contributed by atoms with van der Waals surface area (Å²) in [6.07, 6.45) is 1.40. The SMILES string of the molecule is Cc1cc(C(=O)N/N=C/c2cc(Br)ccc2OC(=O)c2ccc(Br)cc2)n[nH]1. The van der Waals surface area contributed by atoms with Crippen molar-refractivity contribution < 1.29 is 14.3 Å². The van der Waals surface area contributed by atoms with Gasteiger partial charge in [0, 0.05) is 20.2 Å². The van der Waals surface area contributed by atoms with Gasteiger partial charge in [-0.25, -0.2) is 10.2 Å². The molecule has 28 heavy (non-hydrogen) atoms. The van der Waals surface area contributed by atoms with E-state index in [9.17, 15) is 9.59 Å². The van der Waals surface area contributed by atoms with Gasteiger partial charge in [0.15, 0.2) is 5.69 Å². The van der Waals surface area contributed by atoms with Gasteiger partial charge in [-0.3, -0.25) is 9.89 Å². The van der Waals surface area contributed by atoms with E-state index in [1.54, 1.807) is 55.5 Å². The molecule has 0 saturated carbocycles. The van der Waals surface area contributed by atoms with E-state index >= 15 is 0 Å². The predicted octanol–water partition coefficient (Wildman–Crippen LogP) is 4.23. The van der Waals surface area contributed by atoms with Gasteiger partial charge < -0.3 is 4.74 Å². The molecular formula is C19H14Br2N4O3. The van der Waals surface area contributed by atoms with Crippen molar-refractivity contribution in [1.29, 1.82) is 0 Å². The topological polar surface area (TPSA) is 96.4 Å². The van der Waals surface area contributed by atoms with Crippen molar-refractivity contribution >= 4 is 50.0 Å². The van der Waals surface area contributed by atoms with E-state index in [2.05, 4.69) is 52.6 Å². The summed E-state index contributed by atoms with van der Waals surface area (Å²) >= 11 is 6.69. The Morgan fingerprint density at radius 3 is 2.50 bits per heavy atom. The Kier molecular flexibility index (Phi) is 6.37. The fourth-order valence-corrected chi connectivity index (χ4v) is 2.85. The number of aryl methyl sites for hydroxylation is 1. The van der Waals surface area contributed by atoms with Gasteiger partial charge in [-0.15, -0.1) is 0 Å². The Hall–Kier alpha value is -2.78. The second-order valence-corrected chi connectivity index (χ2v) is 7.55. The van der Waals surface area contributed by atoms with Gasteiger partial charge in [-0.05, 0) is 55.5 Å². The van der Waals surface area contributed by atoms with Crippen LogP contribution in [0.3, 0.4) is 0 Å². The highest BCUT2D eigenvalue weighted by molar-refractivity contribution is 9.10. The summed E-state index contributed by atoms with van der Waals surface area (Å²) in [7, 11) is 0. The van der Waals surface area contributed by atoms with Crippen LogP contribution in [0.15, 0.2) is 62.6 Å². The normalized spacial score (nSPS) is 10.8. The highest BCUT2D eigenvalue weighted by Gasteiger charge is 2.12. The molecule has 0 aliphatic carbocycles. The minimum absolute atomic E-state index is 0.228. The third-order valence-corrected chi connectivity index (χ3v) is 4.58. The third-order valence-electron chi connectivity index (χ3n) is 3.56. The maximum absolute atomic E-state index is 12.4. The zero-order valence-corrected chi connectivity index (χ0v) is 17.7. The zero-order valence-electron chi connectivity index (χ0n) is 14.6. The minimum atomic E-state index is -0.500. The Labute approximate surface area is 177 Å². The molecule has 0 aliphatic rings. The monoisotopic (exact) mass is 504 g/mol. The first-order valence-electron chi connectivity index (χ1n) is 8.05. The Balaban J connectivity index is 1.74. The minimum Gasteiger partial charge on any atom is -0.422 e. The molecule has 3 aromatic rings. The van der Waals surface area contributed by atoms with E-state index in [1.165, 1.54) is 6.21 Å². The summed E-state index contributed by atoms with van der Waals surface area (Å²) in [6.45, 7) is 1.79.